The second kappa shape index (κ2) is 6.39. The zero-order chi connectivity index (χ0) is 15.6. The van der Waals surface area contributed by atoms with Crippen LogP contribution in [0.1, 0.15) is 5.76 Å². The highest BCUT2D eigenvalue weighted by molar-refractivity contribution is 9.10. The summed E-state index contributed by atoms with van der Waals surface area (Å²) < 4.78 is 38.2. The number of benzene rings is 1. The number of sulfonamides is 1. The zero-order valence-electron chi connectivity index (χ0n) is 10.9. The first-order valence-electron chi connectivity index (χ1n) is 5.72. The molecular weight excluding hydrogens is 428 g/mol. The van der Waals surface area contributed by atoms with Gasteiger partial charge in [-0.3, -0.25) is 4.72 Å². The summed E-state index contributed by atoms with van der Waals surface area (Å²) in [5, 5.41) is 0. The van der Waals surface area contributed by atoms with Crippen molar-refractivity contribution in [2.75, 3.05) is 11.8 Å². The minimum Gasteiger partial charge on any atom is -0.496 e. The Bertz CT molecular complexity index is 759. The van der Waals surface area contributed by atoms with Crippen LogP contribution < -0.4 is 15.2 Å². The maximum Gasteiger partial charge on any atom is 0.266 e. The van der Waals surface area contributed by atoms with Gasteiger partial charge in [0.15, 0.2) is 4.67 Å². The molecule has 2 aromatic rings. The predicted octanol–water partition coefficient (Wildman–Crippen LogP) is 3.07. The number of ether oxygens (including phenoxy) is 1. The maximum absolute atomic E-state index is 12.3. The van der Waals surface area contributed by atoms with Crippen LogP contribution in [0.15, 0.2) is 42.7 Å². The molecule has 0 unspecified atom stereocenters. The number of nitrogens with two attached hydrogens (primary N) is 1. The van der Waals surface area contributed by atoms with Crippen molar-refractivity contribution in [1.82, 2.24) is 0 Å². The smallest absolute Gasteiger partial charge is 0.266 e. The van der Waals surface area contributed by atoms with Crippen LogP contribution in [0.4, 0.5) is 5.69 Å². The lowest BCUT2D eigenvalue weighted by molar-refractivity contribution is 0.412. The number of anilines is 1. The topological polar surface area (TPSA) is 94.6 Å². The fourth-order valence-electron chi connectivity index (χ4n) is 1.62. The van der Waals surface area contributed by atoms with Gasteiger partial charge in [-0.1, -0.05) is 0 Å². The Hall–Kier alpha value is -1.03. The van der Waals surface area contributed by atoms with Gasteiger partial charge in [0.25, 0.3) is 10.0 Å². The molecule has 0 fully saturated rings. The number of nitrogens with one attached hydrogen (secondary N) is 1. The Morgan fingerprint density at radius 3 is 2.57 bits per heavy atom. The van der Waals surface area contributed by atoms with Gasteiger partial charge in [0.1, 0.15) is 16.4 Å². The average Bonchev–Trinajstić information content (AvgIpc) is 2.81. The fraction of sp³-hybridized carbons (Fsp3) is 0.167. The summed E-state index contributed by atoms with van der Waals surface area (Å²) >= 11 is 6.37. The summed E-state index contributed by atoms with van der Waals surface area (Å²) in [5.74, 6) is 0.978. The number of methoxy groups -OCH3 is 1. The monoisotopic (exact) mass is 438 g/mol. The van der Waals surface area contributed by atoms with Crippen molar-refractivity contribution in [2.45, 2.75) is 11.4 Å². The molecule has 0 amide bonds. The highest BCUT2D eigenvalue weighted by Crippen LogP contribution is 2.31. The van der Waals surface area contributed by atoms with E-state index in [1.165, 1.54) is 13.2 Å². The van der Waals surface area contributed by atoms with E-state index in [0.717, 1.165) is 0 Å². The molecule has 21 heavy (non-hydrogen) atoms. The van der Waals surface area contributed by atoms with Gasteiger partial charge >= 0.3 is 0 Å². The van der Waals surface area contributed by atoms with E-state index in [4.69, 9.17) is 14.9 Å². The summed E-state index contributed by atoms with van der Waals surface area (Å²) in [6, 6.07) is 6.23. The Labute approximate surface area is 139 Å². The van der Waals surface area contributed by atoms with Gasteiger partial charge in [0, 0.05) is 6.07 Å². The van der Waals surface area contributed by atoms with Gasteiger partial charge in [0.05, 0.1) is 23.8 Å². The first-order valence-corrected chi connectivity index (χ1v) is 8.79. The molecule has 6 nitrogen and oxygen atoms in total. The molecule has 9 heteroatoms. The maximum atomic E-state index is 12.3. The molecule has 1 heterocycles. The number of furan rings is 1. The molecule has 0 aliphatic carbocycles. The molecule has 0 bridgehead atoms. The van der Waals surface area contributed by atoms with Crippen LogP contribution in [-0.2, 0) is 16.6 Å². The minimum atomic E-state index is -3.78. The second-order valence-electron chi connectivity index (χ2n) is 4.01. The summed E-state index contributed by atoms with van der Waals surface area (Å²) in [7, 11) is -2.25. The van der Waals surface area contributed by atoms with E-state index < -0.39 is 10.0 Å². The van der Waals surface area contributed by atoms with Crippen LogP contribution in [0.2, 0.25) is 0 Å². The van der Waals surface area contributed by atoms with E-state index in [0.29, 0.717) is 21.7 Å². The normalized spacial score (nSPS) is 11.4. The lowest BCUT2D eigenvalue weighted by Crippen LogP contribution is -2.12. The molecule has 0 radical (unpaired) electrons. The fourth-order valence-corrected chi connectivity index (χ4v) is 4.21. The molecule has 2 rings (SSSR count). The SMILES string of the molecule is COc1ccc(NS(=O)(=O)c2cc(CN)oc2Br)cc1Br. The summed E-state index contributed by atoms with van der Waals surface area (Å²) in [6.45, 7) is 0.113. The standard InChI is InChI=1S/C12H12Br2N2O4S/c1-19-10-3-2-7(4-9(10)13)16-21(17,18)11-5-8(6-15)20-12(11)14/h2-5,16H,6,15H2,1H3. The third-order valence-electron chi connectivity index (χ3n) is 2.60. The third-order valence-corrected chi connectivity index (χ3v) is 5.46. The molecule has 0 aliphatic heterocycles. The molecule has 0 atom stereocenters. The third kappa shape index (κ3) is 3.60. The van der Waals surface area contributed by atoms with Crippen LogP contribution in [0.25, 0.3) is 0 Å². The summed E-state index contributed by atoms with van der Waals surface area (Å²) in [4.78, 5) is -0.00473. The first kappa shape index (κ1) is 16.3. The Balaban J connectivity index is 2.32. The van der Waals surface area contributed by atoms with E-state index >= 15 is 0 Å². The van der Waals surface area contributed by atoms with Crippen molar-refractivity contribution in [3.8, 4) is 5.75 Å². The summed E-state index contributed by atoms with van der Waals surface area (Å²) in [5.41, 5.74) is 5.82. The lowest BCUT2D eigenvalue weighted by atomic mass is 10.3. The van der Waals surface area contributed by atoms with Crippen molar-refractivity contribution in [3.05, 3.63) is 39.2 Å². The molecular formula is C12H12Br2N2O4S. The molecule has 114 valence electrons. The zero-order valence-corrected chi connectivity index (χ0v) is 14.9. The molecule has 1 aromatic heterocycles. The van der Waals surface area contributed by atoms with Crippen LogP contribution in [0, 0.1) is 0 Å². The molecule has 0 aliphatic rings. The van der Waals surface area contributed by atoms with E-state index in [2.05, 4.69) is 36.6 Å². The first-order chi connectivity index (χ1) is 9.87. The number of rotatable bonds is 5. The largest absolute Gasteiger partial charge is 0.496 e. The van der Waals surface area contributed by atoms with Crippen molar-refractivity contribution in [1.29, 1.82) is 0 Å². The van der Waals surface area contributed by atoms with Crippen LogP contribution in [-0.4, -0.2) is 15.5 Å². The average molecular weight is 440 g/mol. The van der Waals surface area contributed by atoms with E-state index in [1.54, 1.807) is 18.2 Å². The Kier molecular flexibility index (Phi) is 4.97. The Morgan fingerprint density at radius 2 is 2.05 bits per heavy atom. The highest BCUT2D eigenvalue weighted by atomic mass is 79.9. The molecule has 3 N–H and O–H groups in total. The van der Waals surface area contributed by atoms with E-state index in [-0.39, 0.29) is 16.1 Å². The molecule has 0 saturated carbocycles. The molecule has 1 aromatic carbocycles. The van der Waals surface area contributed by atoms with Crippen LogP contribution in [0.3, 0.4) is 0 Å². The van der Waals surface area contributed by atoms with Crippen molar-refractivity contribution < 1.29 is 17.6 Å². The van der Waals surface area contributed by atoms with Crippen molar-refractivity contribution >= 4 is 47.6 Å². The van der Waals surface area contributed by atoms with Crippen molar-refractivity contribution in [3.63, 3.8) is 0 Å². The van der Waals surface area contributed by atoms with Gasteiger partial charge in [-0.15, -0.1) is 0 Å². The highest BCUT2D eigenvalue weighted by Gasteiger charge is 2.22. The lowest BCUT2D eigenvalue weighted by Gasteiger charge is -2.09. The van der Waals surface area contributed by atoms with Crippen molar-refractivity contribution in [2.24, 2.45) is 5.73 Å². The van der Waals surface area contributed by atoms with Gasteiger partial charge in [-0.2, -0.15) is 0 Å². The molecule has 0 saturated heterocycles. The summed E-state index contributed by atoms with van der Waals surface area (Å²) in [6.07, 6.45) is 0. The number of hydrogen-bond acceptors (Lipinski definition) is 5. The predicted molar refractivity (Wildman–Crippen MR) is 85.8 cm³/mol. The van der Waals surface area contributed by atoms with Crippen LogP contribution in [0.5, 0.6) is 5.75 Å². The Morgan fingerprint density at radius 1 is 1.33 bits per heavy atom. The van der Waals surface area contributed by atoms with E-state index in [9.17, 15) is 8.42 Å². The van der Waals surface area contributed by atoms with Gasteiger partial charge in [-0.05, 0) is 50.1 Å². The van der Waals surface area contributed by atoms with Gasteiger partial charge in [0.2, 0.25) is 0 Å². The van der Waals surface area contributed by atoms with Crippen LogP contribution >= 0.6 is 31.9 Å². The van der Waals surface area contributed by atoms with E-state index in [1.807, 2.05) is 0 Å². The number of halogens is 2. The minimum absolute atomic E-state index is 0.00473. The van der Waals surface area contributed by atoms with Gasteiger partial charge < -0.3 is 14.9 Å². The van der Waals surface area contributed by atoms with Gasteiger partial charge in [-0.25, -0.2) is 8.42 Å². The second-order valence-corrected chi connectivity index (χ2v) is 7.24. The number of hydrogen-bond donors (Lipinski definition) is 2. The quantitative estimate of drug-likeness (QED) is 0.746. The molecule has 0 spiro atoms.